The quantitative estimate of drug-likeness (QED) is 0.619. The molecule has 160 valence electrons. The number of amides is 1. The molecule has 0 aromatic heterocycles. The summed E-state index contributed by atoms with van der Waals surface area (Å²) in [5.74, 6) is 0.900. The molecule has 1 atom stereocenters. The highest BCUT2D eigenvalue weighted by molar-refractivity contribution is 5.97. The number of rotatable bonds is 8. The number of esters is 1. The molecule has 0 saturated carbocycles. The molecule has 0 fully saturated rings. The molecule has 2 aromatic rings. The lowest BCUT2D eigenvalue weighted by Crippen LogP contribution is -2.38. The van der Waals surface area contributed by atoms with Crippen LogP contribution in [0.3, 0.4) is 0 Å². The smallest absolute Gasteiger partial charge is 0.306 e. The van der Waals surface area contributed by atoms with Crippen LogP contribution in [-0.2, 0) is 27.2 Å². The predicted molar refractivity (Wildman–Crippen MR) is 112 cm³/mol. The number of hydrogen-bond donors (Lipinski definition) is 0. The Morgan fingerprint density at radius 2 is 1.70 bits per heavy atom. The minimum absolute atomic E-state index is 0.0489. The minimum atomic E-state index is -0.433. The minimum Gasteiger partial charge on any atom is -0.493 e. The molecule has 0 spiro atoms. The van der Waals surface area contributed by atoms with E-state index in [9.17, 15) is 9.59 Å². The third kappa shape index (κ3) is 4.50. The van der Waals surface area contributed by atoms with Crippen molar-refractivity contribution >= 4 is 17.6 Å². The molecule has 2 aromatic carbocycles. The topological polar surface area (TPSA) is 74.3 Å². The summed E-state index contributed by atoms with van der Waals surface area (Å²) < 4.78 is 21.2. The Labute approximate surface area is 176 Å². The van der Waals surface area contributed by atoms with Gasteiger partial charge in [0.05, 0.1) is 21.3 Å². The lowest BCUT2D eigenvalue weighted by atomic mass is 10.1. The number of nitrogens with zero attached hydrogens (tertiary/aromatic N) is 1. The predicted octanol–water partition coefficient (Wildman–Crippen LogP) is 3.17. The van der Waals surface area contributed by atoms with E-state index < -0.39 is 5.97 Å². The number of carbonyl (C=O) groups excluding carboxylic acids is 2. The number of benzene rings is 2. The Morgan fingerprint density at radius 1 is 1.03 bits per heavy atom. The second kappa shape index (κ2) is 9.52. The van der Waals surface area contributed by atoms with Gasteiger partial charge in [-0.25, -0.2) is 0 Å². The fourth-order valence-corrected chi connectivity index (χ4v) is 3.76. The number of ether oxygens (including phenoxy) is 4. The molecule has 0 unspecified atom stereocenters. The maximum atomic E-state index is 12.6. The zero-order valence-corrected chi connectivity index (χ0v) is 17.8. The Morgan fingerprint density at radius 3 is 2.33 bits per heavy atom. The van der Waals surface area contributed by atoms with Crippen LogP contribution < -0.4 is 19.1 Å². The molecular weight excluding hydrogens is 386 g/mol. The van der Waals surface area contributed by atoms with Crippen LogP contribution in [0.4, 0.5) is 5.69 Å². The van der Waals surface area contributed by atoms with Gasteiger partial charge in [0.25, 0.3) is 5.91 Å². The maximum absolute atomic E-state index is 12.6. The van der Waals surface area contributed by atoms with Crippen LogP contribution in [0, 0.1) is 0 Å². The van der Waals surface area contributed by atoms with Gasteiger partial charge >= 0.3 is 5.97 Å². The average molecular weight is 413 g/mol. The summed E-state index contributed by atoms with van der Waals surface area (Å²) in [5.41, 5.74) is 2.87. The number of aryl methyl sites for hydroxylation is 1. The molecule has 1 amide bonds. The van der Waals surface area contributed by atoms with Gasteiger partial charge in [0, 0.05) is 18.2 Å². The van der Waals surface area contributed by atoms with Crippen molar-refractivity contribution in [3.05, 3.63) is 47.5 Å². The third-order valence-corrected chi connectivity index (χ3v) is 5.17. The fourth-order valence-electron chi connectivity index (χ4n) is 3.76. The molecule has 1 aliphatic rings. The van der Waals surface area contributed by atoms with Crippen LogP contribution in [0.2, 0.25) is 0 Å². The molecular formula is C23H27NO6. The van der Waals surface area contributed by atoms with Crippen LogP contribution in [0.1, 0.15) is 24.5 Å². The molecule has 0 bridgehead atoms. The molecule has 0 radical (unpaired) electrons. The van der Waals surface area contributed by atoms with E-state index in [2.05, 4.69) is 0 Å². The summed E-state index contributed by atoms with van der Waals surface area (Å²) in [4.78, 5) is 26.6. The van der Waals surface area contributed by atoms with Gasteiger partial charge in [-0.15, -0.1) is 0 Å². The van der Waals surface area contributed by atoms with E-state index in [-0.39, 0.29) is 25.0 Å². The zero-order chi connectivity index (χ0) is 21.7. The van der Waals surface area contributed by atoms with E-state index >= 15 is 0 Å². The molecule has 7 nitrogen and oxygen atoms in total. The molecule has 30 heavy (non-hydrogen) atoms. The van der Waals surface area contributed by atoms with Gasteiger partial charge in [0.15, 0.2) is 18.1 Å². The van der Waals surface area contributed by atoms with Gasteiger partial charge in [-0.05, 0) is 49.1 Å². The second-order valence-electron chi connectivity index (χ2n) is 7.14. The van der Waals surface area contributed by atoms with Gasteiger partial charge in [-0.2, -0.15) is 0 Å². The van der Waals surface area contributed by atoms with E-state index in [1.165, 1.54) is 7.11 Å². The van der Waals surface area contributed by atoms with E-state index in [1.54, 1.807) is 31.3 Å². The van der Waals surface area contributed by atoms with E-state index in [4.69, 9.17) is 18.9 Å². The van der Waals surface area contributed by atoms with Crippen LogP contribution in [0.15, 0.2) is 36.4 Å². The van der Waals surface area contributed by atoms with Gasteiger partial charge in [0.2, 0.25) is 5.75 Å². The highest BCUT2D eigenvalue weighted by atomic mass is 16.5. The maximum Gasteiger partial charge on any atom is 0.306 e. The number of hydrogen-bond acceptors (Lipinski definition) is 6. The standard InChI is InChI=1S/C23H27NO6/c1-15-11-17-7-5-6-8-18(17)24(15)21(25)14-30-22(26)10-9-16-12-19(27-2)23(29-4)20(13-16)28-3/h5-8,12-13,15H,9-11,14H2,1-4H3/t15-/m1/s1. The van der Waals surface area contributed by atoms with Crippen LogP contribution in [0.5, 0.6) is 17.2 Å². The number of carbonyl (C=O) groups is 2. The molecule has 1 aliphatic heterocycles. The summed E-state index contributed by atoms with van der Waals surface area (Å²) in [7, 11) is 4.62. The highest BCUT2D eigenvalue weighted by Gasteiger charge is 2.30. The number of anilines is 1. The number of fused-ring (bicyclic) bond motifs is 1. The normalized spacial score (nSPS) is 14.8. The Bertz CT molecular complexity index is 901. The fraction of sp³-hybridized carbons (Fsp3) is 0.391. The molecule has 0 N–H and O–H groups in total. The first-order valence-electron chi connectivity index (χ1n) is 9.83. The van der Waals surface area contributed by atoms with Crippen LogP contribution in [0.25, 0.3) is 0 Å². The largest absolute Gasteiger partial charge is 0.493 e. The first-order chi connectivity index (χ1) is 14.5. The van der Waals surface area contributed by atoms with Crippen LogP contribution in [-0.4, -0.2) is 45.9 Å². The Kier molecular flexibility index (Phi) is 6.82. The van der Waals surface area contributed by atoms with Crippen molar-refractivity contribution in [3.63, 3.8) is 0 Å². The van der Waals surface area contributed by atoms with Crippen molar-refractivity contribution in [1.29, 1.82) is 0 Å². The Balaban J connectivity index is 1.56. The molecule has 3 rings (SSSR count). The summed E-state index contributed by atoms with van der Waals surface area (Å²) in [6, 6.07) is 11.4. The van der Waals surface area contributed by atoms with Crippen molar-refractivity contribution in [2.45, 2.75) is 32.2 Å². The van der Waals surface area contributed by atoms with Crippen molar-refractivity contribution in [2.24, 2.45) is 0 Å². The zero-order valence-electron chi connectivity index (χ0n) is 17.8. The van der Waals surface area contributed by atoms with Gasteiger partial charge in [0.1, 0.15) is 0 Å². The summed E-state index contributed by atoms with van der Waals surface area (Å²) >= 11 is 0. The molecule has 0 saturated heterocycles. The van der Waals surface area contributed by atoms with Crippen LogP contribution >= 0.6 is 0 Å². The lowest BCUT2D eigenvalue weighted by Gasteiger charge is -2.22. The first-order valence-corrected chi connectivity index (χ1v) is 9.83. The molecule has 1 heterocycles. The monoisotopic (exact) mass is 413 g/mol. The SMILES string of the molecule is COc1cc(CCC(=O)OCC(=O)N2c3ccccc3C[C@H]2C)cc(OC)c1OC. The average Bonchev–Trinajstić information content (AvgIpc) is 3.10. The second-order valence-corrected chi connectivity index (χ2v) is 7.14. The van der Waals surface area contributed by atoms with Gasteiger partial charge in [-0.3, -0.25) is 9.59 Å². The molecule has 0 aliphatic carbocycles. The van der Waals surface area contributed by atoms with Crippen molar-refractivity contribution in [1.82, 2.24) is 0 Å². The number of methoxy groups -OCH3 is 3. The van der Waals surface area contributed by atoms with E-state index in [1.807, 2.05) is 31.2 Å². The first kappa shape index (κ1) is 21.5. The van der Waals surface area contributed by atoms with Crippen molar-refractivity contribution in [3.8, 4) is 17.2 Å². The van der Waals surface area contributed by atoms with Gasteiger partial charge in [-0.1, -0.05) is 18.2 Å². The molecule has 7 heteroatoms. The number of para-hydroxylation sites is 1. The van der Waals surface area contributed by atoms with E-state index in [0.717, 1.165) is 23.2 Å². The highest BCUT2D eigenvalue weighted by Crippen LogP contribution is 2.38. The lowest BCUT2D eigenvalue weighted by molar-refractivity contribution is -0.147. The summed E-state index contributed by atoms with van der Waals surface area (Å²) in [5, 5.41) is 0. The van der Waals surface area contributed by atoms with Gasteiger partial charge < -0.3 is 23.8 Å². The summed E-state index contributed by atoms with van der Waals surface area (Å²) in [6.07, 6.45) is 1.36. The van der Waals surface area contributed by atoms with E-state index in [0.29, 0.717) is 23.7 Å². The van der Waals surface area contributed by atoms with Crippen molar-refractivity contribution in [2.75, 3.05) is 32.8 Å². The third-order valence-electron chi connectivity index (χ3n) is 5.17. The summed E-state index contributed by atoms with van der Waals surface area (Å²) in [6.45, 7) is 1.72. The Hall–Kier alpha value is -3.22. The van der Waals surface area contributed by atoms with Crippen molar-refractivity contribution < 1.29 is 28.5 Å².